The van der Waals surface area contributed by atoms with Gasteiger partial charge < -0.3 is 4.74 Å². The molecular weight excluding hydrogens is 255 g/mol. The van der Waals surface area contributed by atoms with Crippen molar-refractivity contribution in [1.29, 1.82) is 5.26 Å². The van der Waals surface area contributed by atoms with Gasteiger partial charge in [-0.3, -0.25) is 4.90 Å². The van der Waals surface area contributed by atoms with Crippen molar-refractivity contribution in [2.24, 2.45) is 0 Å². The zero-order valence-corrected chi connectivity index (χ0v) is 11.1. The standard InChI is InChI=1S/C13H16ClFN2O/c1-18-8-7-17(6-2-5-16)10-11-3-4-13(15)12(14)9-11/h3-4,9H,2,6-8,10H2,1H3. The minimum Gasteiger partial charge on any atom is -0.383 e. The van der Waals surface area contributed by atoms with Gasteiger partial charge in [0.2, 0.25) is 0 Å². The second kappa shape index (κ2) is 8.04. The monoisotopic (exact) mass is 270 g/mol. The fourth-order valence-electron chi connectivity index (χ4n) is 1.59. The zero-order chi connectivity index (χ0) is 13.4. The molecule has 0 saturated carbocycles. The first-order valence-electron chi connectivity index (χ1n) is 5.69. The molecule has 0 heterocycles. The Morgan fingerprint density at radius 2 is 2.22 bits per heavy atom. The van der Waals surface area contributed by atoms with Crippen LogP contribution in [0.4, 0.5) is 4.39 Å². The van der Waals surface area contributed by atoms with Gasteiger partial charge in [-0.05, 0) is 17.7 Å². The molecule has 0 atom stereocenters. The third-order valence-electron chi connectivity index (χ3n) is 2.54. The molecule has 18 heavy (non-hydrogen) atoms. The van der Waals surface area contributed by atoms with Gasteiger partial charge in [-0.2, -0.15) is 5.26 Å². The molecule has 0 bridgehead atoms. The van der Waals surface area contributed by atoms with Gasteiger partial charge in [-0.15, -0.1) is 0 Å². The van der Waals surface area contributed by atoms with Crippen molar-refractivity contribution in [3.05, 3.63) is 34.6 Å². The lowest BCUT2D eigenvalue weighted by atomic mass is 10.2. The normalized spacial score (nSPS) is 10.6. The molecule has 0 aliphatic carbocycles. The van der Waals surface area contributed by atoms with E-state index in [0.29, 0.717) is 26.1 Å². The lowest BCUT2D eigenvalue weighted by Gasteiger charge is -2.20. The second-order valence-corrected chi connectivity index (χ2v) is 4.33. The number of hydrogen-bond donors (Lipinski definition) is 0. The Kier molecular flexibility index (Phi) is 6.66. The summed E-state index contributed by atoms with van der Waals surface area (Å²) in [7, 11) is 1.64. The molecule has 1 rings (SSSR count). The summed E-state index contributed by atoms with van der Waals surface area (Å²) < 4.78 is 18.1. The Hall–Kier alpha value is -1.15. The van der Waals surface area contributed by atoms with Gasteiger partial charge in [0.15, 0.2) is 0 Å². The van der Waals surface area contributed by atoms with Crippen LogP contribution < -0.4 is 0 Å². The van der Waals surface area contributed by atoms with Crippen LogP contribution in [0.2, 0.25) is 5.02 Å². The second-order valence-electron chi connectivity index (χ2n) is 3.93. The lowest BCUT2D eigenvalue weighted by Crippen LogP contribution is -2.28. The summed E-state index contributed by atoms with van der Waals surface area (Å²) in [6.07, 6.45) is 0.457. The molecule has 0 fully saturated rings. The average molecular weight is 271 g/mol. The quantitative estimate of drug-likeness (QED) is 0.764. The van der Waals surface area contributed by atoms with E-state index in [-0.39, 0.29) is 5.02 Å². The molecule has 5 heteroatoms. The highest BCUT2D eigenvalue weighted by molar-refractivity contribution is 6.30. The molecule has 0 amide bonds. The molecule has 1 aromatic rings. The number of nitriles is 1. The highest BCUT2D eigenvalue weighted by atomic mass is 35.5. The summed E-state index contributed by atoms with van der Waals surface area (Å²) in [6, 6.07) is 6.79. The van der Waals surface area contributed by atoms with Gasteiger partial charge in [-0.1, -0.05) is 17.7 Å². The molecular formula is C13H16ClFN2O. The van der Waals surface area contributed by atoms with Crippen LogP contribution in [0.1, 0.15) is 12.0 Å². The zero-order valence-electron chi connectivity index (χ0n) is 10.3. The van der Waals surface area contributed by atoms with E-state index in [1.165, 1.54) is 6.07 Å². The van der Waals surface area contributed by atoms with Crippen LogP contribution in [-0.4, -0.2) is 31.7 Å². The first-order chi connectivity index (χ1) is 8.67. The summed E-state index contributed by atoms with van der Waals surface area (Å²) in [4.78, 5) is 2.08. The summed E-state index contributed by atoms with van der Waals surface area (Å²) in [5.74, 6) is -0.416. The maximum atomic E-state index is 13.0. The molecule has 0 radical (unpaired) electrons. The highest BCUT2D eigenvalue weighted by Gasteiger charge is 2.07. The van der Waals surface area contributed by atoms with Crippen LogP contribution >= 0.6 is 11.6 Å². The molecule has 0 N–H and O–H groups in total. The summed E-state index contributed by atoms with van der Waals surface area (Å²) in [5, 5.41) is 8.73. The fraction of sp³-hybridized carbons (Fsp3) is 0.462. The summed E-state index contributed by atoms with van der Waals surface area (Å²) in [6.45, 7) is 2.62. The summed E-state index contributed by atoms with van der Waals surface area (Å²) >= 11 is 5.74. The number of nitrogens with zero attached hydrogens (tertiary/aromatic N) is 2. The minimum atomic E-state index is -0.416. The largest absolute Gasteiger partial charge is 0.383 e. The maximum absolute atomic E-state index is 13.0. The van der Waals surface area contributed by atoms with Gasteiger partial charge in [-0.25, -0.2) is 4.39 Å². The molecule has 0 aliphatic rings. The first-order valence-corrected chi connectivity index (χ1v) is 6.07. The molecule has 3 nitrogen and oxygen atoms in total. The molecule has 0 saturated heterocycles. The van der Waals surface area contributed by atoms with Crippen LogP contribution in [0.3, 0.4) is 0 Å². The number of ether oxygens (including phenoxy) is 1. The summed E-state index contributed by atoms with van der Waals surface area (Å²) in [5.41, 5.74) is 0.926. The Labute approximate surface area is 112 Å². The number of halogens is 2. The highest BCUT2D eigenvalue weighted by Crippen LogP contribution is 2.17. The van der Waals surface area contributed by atoms with Gasteiger partial charge in [0.25, 0.3) is 0 Å². The van der Waals surface area contributed by atoms with Crippen molar-refractivity contribution in [2.45, 2.75) is 13.0 Å². The Morgan fingerprint density at radius 1 is 1.44 bits per heavy atom. The van der Waals surface area contributed by atoms with E-state index in [0.717, 1.165) is 12.1 Å². The number of benzene rings is 1. The van der Waals surface area contributed by atoms with E-state index < -0.39 is 5.82 Å². The molecule has 98 valence electrons. The average Bonchev–Trinajstić information content (AvgIpc) is 2.37. The maximum Gasteiger partial charge on any atom is 0.141 e. The third kappa shape index (κ3) is 5.01. The predicted octanol–water partition coefficient (Wildman–Crippen LogP) is 2.84. The van der Waals surface area contributed by atoms with Gasteiger partial charge in [0.05, 0.1) is 17.7 Å². The fourth-order valence-corrected chi connectivity index (χ4v) is 1.80. The number of hydrogen-bond acceptors (Lipinski definition) is 3. The van der Waals surface area contributed by atoms with E-state index in [1.807, 2.05) is 0 Å². The predicted molar refractivity (Wildman–Crippen MR) is 68.8 cm³/mol. The van der Waals surface area contributed by atoms with Crippen LogP contribution in [0.15, 0.2) is 18.2 Å². The van der Waals surface area contributed by atoms with Crippen LogP contribution in [0, 0.1) is 17.1 Å². The van der Waals surface area contributed by atoms with Crippen molar-refractivity contribution in [1.82, 2.24) is 4.90 Å². The molecule has 0 spiro atoms. The van der Waals surface area contributed by atoms with E-state index in [9.17, 15) is 4.39 Å². The van der Waals surface area contributed by atoms with E-state index in [4.69, 9.17) is 21.6 Å². The number of rotatable bonds is 7. The van der Waals surface area contributed by atoms with Crippen LogP contribution in [0.25, 0.3) is 0 Å². The van der Waals surface area contributed by atoms with Gasteiger partial charge >= 0.3 is 0 Å². The van der Waals surface area contributed by atoms with Crippen molar-refractivity contribution in [2.75, 3.05) is 26.8 Å². The minimum absolute atomic E-state index is 0.125. The molecule has 0 aliphatic heterocycles. The van der Waals surface area contributed by atoms with Crippen molar-refractivity contribution >= 4 is 11.6 Å². The smallest absolute Gasteiger partial charge is 0.141 e. The van der Waals surface area contributed by atoms with Crippen molar-refractivity contribution in [3.63, 3.8) is 0 Å². The lowest BCUT2D eigenvalue weighted by molar-refractivity contribution is 0.145. The van der Waals surface area contributed by atoms with Gasteiger partial charge in [0.1, 0.15) is 5.82 Å². The first kappa shape index (κ1) is 14.9. The van der Waals surface area contributed by atoms with E-state index in [2.05, 4.69) is 11.0 Å². The van der Waals surface area contributed by atoms with Crippen LogP contribution in [0.5, 0.6) is 0 Å². The number of methoxy groups -OCH3 is 1. The SMILES string of the molecule is COCCN(CCC#N)Cc1ccc(F)c(Cl)c1. The van der Waals surface area contributed by atoms with E-state index >= 15 is 0 Å². The molecule has 0 aromatic heterocycles. The topological polar surface area (TPSA) is 36.3 Å². The molecule has 1 aromatic carbocycles. The van der Waals surface area contributed by atoms with Crippen LogP contribution in [-0.2, 0) is 11.3 Å². The van der Waals surface area contributed by atoms with E-state index in [1.54, 1.807) is 19.2 Å². The van der Waals surface area contributed by atoms with Gasteiger partial charge in [0, 0.05) is 33.2 Å². The van der Waals surface area contributed by atoms with Crippen molar-refractivity contribution in [3.8, 4) is 6.07 Å². The Bertz CT molecular complexity index is 420. The third-order valence-corrected chi connectivity index (χ3v) is 2.83. The molecule has 0 unspecified atom stereocenters. The Morgan fingerprint density at radius 3 is 2.83 bits per heavy atom. The Balaban J connectivity index is 2.63. The van der Waals surface area contributed by atoms with Crippen molar-refractivity contribution < 1.29 is 9.13 Å².